The highest BCUT2D eigenvalue weighted by atomic mass is 15.1. The Kier molecular flexibility index (Phi) is 8.27. The topological polar surface area (TPSA) is 67.4 Å². The van der Waals surface area contributed by atoms with Crippen LogP contribution in [0.15, 0.2) is 140 Å². The van der Waals surface area contributed by atoms with Crippen LogP contribution in [0.5, 0.6) is 0 Å². The molecule has 0 saturated heterocycles. The number of fused-ring (bicyclic) bond motifs is 3. The molecule has 0 aliphatic heterocycles. The van der Waals surface area contributed by atoms with Crippen molar-refractivity contribution in [1.29, 1.82) is 5.26 Å². The molecule has 0 aliphatic rings. The molecule has 2 aromatic heterocycles. The molecule has 5 nitrogen and oxygen atoms in total. The van der Waals surface area contributed by atoms with Gasteiger partial charge in [-0.1, -0.05) is 133 Å². The molecule has 0 spiro atoms. The third kappa shape index (κ3) is 6.38. The molecule has 0 fully saturated rings. The second-order valence-electron chi connectivity index (χ2n) is 15.8. The van der Waals surface area contributed by atoms with E-state index >= 15 is 0 Å². The Morgan fingerprint density at radius 1 is 0.472 bits per heavy atom. The molecule has 2 heterocycles. The first-order chi connectivity index (χ1) is 25.5. The van der Waals surface area contributed by atoms with Crippen LogP contribution in [0, 0.1) is 11.3 Å². The minimum Gasteiger partial charge on any atom is -0.309 e. The van der Waals surface area contributed by atoms with Crippen LogP contribution in [0.4, 0.5) is 0 Å². The Hall–Kier alpha value is -6.38. The second kappa shape index (κ2) is 13.0. The molecule has 258 valence electrons. The van der Waals surface area contributed by atoms with Gasteiger partial charge in [0.1, 0.15) is 0 Å². The van der Waals surface area contributed by atoms with Gasteiger partial charge in [0.2, 0.25) is 0 Å². The molecule has 8 aromatic rings. The van der Waals surface area contributed by atoms with Crippen LogP contribution in [0.1, 0.15) is 58.2 Å². The van der Waals surface area contributed by atoms with Gasteiger partial charge in [-0.3, -0.25) is 0 Å². The quantitative estimate of drug-likeness (QED) is 0.181. The van der Waals surface area contributed by atoms with E-state index in [-0.39, 0.29) is 10.8 Å². The molecule has 5 heteroatoms. The van der Waals surface area contributed by atoms with E-state index in [0.717, 1.165) is 44.5 Å². The smallest absolute Gasteiger partial charge is 0.166 e. The van der Waals surface area contributed by atoms with Crippen molar-refractivity contribution in [2.45, 2.75) is 52.4 Å². The first-order valence-corrected chi connectivity index (χ1v) is 18.1. The lowest BCUT2D eigenvalue weighted by Crippen LogP contribution is -2.10. The lowest BCUT2D eigenvalue weighted by Gasteiger charge is -2.19. The fourth-order valence-electron chi connectivity index (χ4n) is 7.00. The van der Waals surface area contributed by atoms with Gasteiger partial charge < -0.3 is 4.57 Å². The molecule has 0 atom stereocenters. The Bertz CT molecular complexity index is 2560. The van der Waals surface area contributed by atoms with Gasteiger partial charge in [0, 0.05) is 27.5 Å². The first-order valence-electron chi connectivity index (χ1n) is 18.1. The van der Waals surface area contributed by atoms with Crippen molar-refractivity contribution < 1.29 is 0 Å². The maximum atomic E-state index is 9.75. The zero-order valence-electron chi connectivity index (χ0n) is 31.0. The van der Waals surface area contributed by atoms with Crippen molar-refractivity contribution in [3.63, 3.8) is 0 Å². The lowest BCUT2D eigenvalue weighted by molar-refractivity contribution is 0.590. The maximum absolute atomic E-state index is 9.75. The predicted octanol–water partition coefficient (Wildman–Crippen LogP) is 12.1. The first kappa shape index (κ1) is 33.7. The predicted molar refractivity (Wildman–Crippen MR) is 218 cm³/mol. The standard InChI is InChI=1S/C48H41N5/c1-47(2,3)36-21-24-41-38(28-36)39-29-37(48(4,5)6)22-25-42(39)53(41)43-23-20-35(34-19-13-14-31(26-34)30-49)27-40(43)46-51-44(32-15-9-7-10-16-32)50-45(52-46)33-17-11-8-12-18-33/h7-29H,1-6H3. The van der Waals surface area contributed by atoms with Crippen molar-refractivity contribution in [2.24, 2.45) is 0 Å². The van der Waals surface area contributed by atoms with Crippen LogP contribution in [0.25, 0.3) is 72.8 Å². The summed E-state index contributed by atoms with van der Waals surface area (Å²) in [6, 6.07) is 50.4. The Morgan fingerprint density at radius 2 is 0.962 bits per heavy atom. The molecule has 0 amide bonds. The van der Waals surface area contributed by atoms with Gasteiger partial charge in [0.05, 0.1) is 28.4 Å². The zero-order valence-corrected chi connectivity index (χ0v) is 31.0. The SMILES string of the molecule is CC(C)(C)c1ccc2c(c1)c1cc(C(C)(C)C)ccc1n2-c1ccc(-c2cccc(C#N)c2)cc1-c1nc(-c2ccccc2)nc(-c2ccccc2)n1. The third-order valence-electron chi connectivity index (χ3n) is 10.00. The highest BCUT2D eigenvalue weighted by molar-refractivity contribution is 6.10. The van der Waals surface area contributed by atoms with Crippen LogP contribution in [-0.2, 0) is 10.8 Å². The van der Waals surface area contributed by atoms with Crippen LogP contribution in [-0.4, -0.2) is 19.5 Å². The van der Waals surface area contributed by atoms with Crippen molar-refractivity contribution in [2.75, 3.05) is 0 Å². The summed E-state index contributed by atoms with van der Waals surface area (Å²) in [5, 5.41) is 12.2. The molecule has 8 rings (SSSR count). The average Bonchev–Trinajstić information content (AvgIpc) is 3.50. The van der Waals surface area contributed by atoms with Crippen LogP contribution in [0.3, 0.4) is 0 Å². The molecule has 53 heavy (non-hydrogen) atoms. The monoisotopic (exact) mass is 687 g/mol. The van der Waals surface area contributed by atoms with Gasteiger partial charge in [0.25, 0.3) is 0 Å². The van der Waals surface area contributed by atoms with E-state index < -0.39 is 0 Å². The summed E-state index contributed by atoms with van der Waals surface area (Å²) >= 11 is 0. The number of nitrogens with zero attached hydrogens (tertiary/aromatic N) is 5. The van der Waals surface area contributed by atoms with E-state index in [1.54, 1.807) is 0 Å². The van der Waals surface area contributed by atoms with Crippen molar-refractivity contribution >= 4 is 21.8 Å². The minimum absolute atomic E-state index is 0.0123. The summed E-state index contributed by atoms with van der Waals surface area (Å²) in [6.45, 7) is 13.6. The van der Waals surface area contributed by atoms with Gasteiger partial charge in [0.15, 0.2) is 17.5 Å². The lowest BCUT2D eigenvalue weighted by atomic mass is 9.85. The fraction of sp³-hybridized carbons (Fsp3) is 0.167. The van der Waals surface area contributed by atoms with Crippen LogP contribution in [0.2, 0.25) is 0 Å². The molecule has 0 N–H and O–H groups in total. The van der Waals surface area contributed by atoms with Crippen LogP contribution < -0.4 is 0 Å². The summed E-state index contributed by atoms with van der Waals surface area (Å²) in [6.07, 6.45) is 0. The van der Waals surface area contributed by atoms with E-state index in [1.807, 2.05) is 84.9 Å². The number of nitriles is 1. The van der Waals surface area contributed by atoms with Gasteiger partial charge in [-0.05, 0) is 81.6 Å². The molecule has 0 unspecified atom stereocenters. The molecule has 0 saturated carbocycles. The highest BCUT2D eigenvalue weighted by Crippen LogP contribution is 2.41. The Labute approximate surface area is 311 Å². The van der Waals surface area contributed by atoms with Gasteiger partial charge in [-0.2, -0.15) is 5.26 Å². The molecule has 0 radical (unpaired) electrons. The van der Waals surface area contributed by atoms with E-state index in [4.69, 9.17) is 15.0 Å². The Balaban J connectivity index is 1.47. The average molecular weight is 688 g/mol. The van der Waals surface area contributed by atoms with Gasteiger partial charge in [-0.15, -0.1) is 0 Å². The summed E-state index contributed by atoms with van der Waals surface area (Å²) in [5.74, 6) is 1.77. The minimum atomic E-state index is -0.0123. The summed E-state index contributed by atoms with van der Waals surface area (Å²) in [4.78, 5) is 15.4. The molecular weight excluding hydrogens is 647 g/mol. The summed E-state index contributed by atoms with van der Waals surface area (Å²) in [7, 11) is 0. The fourth-order valence-corrected chi connectivity index (χ4v) is 7.00. The van der Waals surface area contributed by atoms with Crippen LogP contribution >= 0.6 is 0 Å². The highest BCUT2D eigenvalue weighted by Gasteiger charge is 2.24. The van der Waals surface area contributed by atoms with E-state index in [2.05, 4.69) is 107 Å². The summed E-state index contributed by atoms with van der Waals surface area (Å²) in [5.41, 5.74) is 10.9. The number of hydrogen-bond donors (Lipinski definition) is 0. The van der Waals surface area contributed by atoms with E-state index in [9.17, 15) is 5.26 Å². The largest absolute Gasteiger partial charge is 0.309 e. The molecule has 0 aliphatic carbocycles. The number of hydrogen-bond acceptors (Lipinski definition) is 4. The van der Waals surface area contributed by atoms with Gasteiger partial charge >= 0.3 is 0 Å². The van der Waals surface area contributed by atoms with Crippen molar-refractivity contribution in [3.05, 3.63) is 156 Å². The third-order valence-corrected chi connectivity index (χ3v) is 10.00. The normalized spacial score (nSPS) is 11.9. The van der Waals surface area contributed by atoms with Crippen molar-refractivity contribution in [3.8, 4) is 57.0 Å². The van der Waals surface area contributed by atoms with Crippen molar-refractivity contribution in [1.82, 2.24) is 19.5 Å². The van der Waals surface area contributed by atoms with E-state index in [0.29, 0.717) is 23.0 Å². The number of benzene rings is 6. The second-order valence-corrected chi connectivity index (χ2v) is 15.8. The maximum Gasteiger partial charge on any atom is 0.166 e. The molecule has 6 aromatic carbocycles. The van der Waals surface area contributed by atoms with E-state index in [1.165, 1.54) is 21.9 Å². The number of rotatable bonds is 5. The zero-order chi connectivity index (χ0) is 36.9. The summed E-state index contributed by atoms with van der Waals surface area (Å²) < 4.78 is 2.36. The Morgan fingerprint density at radius 3 is 1.47 bits per heavy atom. The molecular formula is C48H41N5. The number of aromatic nitrogens is 4. The molecule has 0 bridgehead atoms. The van der Waals surface area contributed by atoms with Gasteiger partial charge in [-0.25, -0.2) is 15.0 Å².